The predicted molar refractivity (Wildman–Crippen MR) is 162 cm³/mol. The van der Waals surface area contributed by atoms with E-state index in [1.54, 1.807) is 6.92 Å². The molecule has 4 rings (SSSR count). The van der Waals surface area contributed by atoms with Crippen LogP contribution in [0, 0.1) is 0 Å². The summed E-state index contributed by atoms with van der Waals surface area (Å²) in [5.41, 5.74) is 1.15. The minimum absolute atomic E-state index is 0.142. The Labute approximate surface area is 255 Å². The van der Waals surface area contributed by atoms with E-state index in [1.807, 2.05) is 60.8 Å². The molecule has 1 aliphatic carbocycles. The lowest BCUT2D eigenvalue weighted by Gasteiger charge is -2.33. The van der Waals surface area contributed by atoms with Crippen molar-refractivity contribution in [1.29, 1.82) is 0 Å². The van der Waals surface area contributed by atoms with E-state index < -0.39 is 41.6 Å². The molecule has 1 heterocycles. The Hall–Kier alpha value is -4.05. The molecule has 1 fully saturated rings. The molecule has 0 radical (unpaired) electrons. The molecule has 0 spiro atoms. The molecule has 0 aliphatic heterocycles. The van der Waals surface area contributed by atoms with Crippen LogP contribution in [0.3, 0.4) is 0 Å². The molecule has 2 amide bonds. The van der Waals surface area contributed by atoms with Crippen molar-refractivity contribution >= 4 is 46.4 Å². The van der Waals surface area contributed by atoms with E-state index in [4.69, 9.17) is 26.2 Å². The number of alkyl carbamates (subject to hydrolysis) is 1. The number of benzene rings is 2. The number of H-pyrrole nitrogens is 1. The summed E-state index contributed by atoms with van der Waals surface area (Å²) in [7, 11) is 0. The third-order valence-electron chi connectivity index (χ3n) is 7.63. The lowest BCUT2D eigenvalue weighted by atomic mass is 9.91. The smallest absolute Gasteiger partial charge is 0.408 e. The van der Waals surface area contributed by atoms with Crippen LogP contribution >= 0.6 is 11.6 Å². The third-order valence-corrected chi connectivity index (χ3v) is 8.13. The number of amides is 2. The van der Waals surface area contributed by atoms with Gasteiger partial charge >= 0.3 is 18.0 Å². The van der Waals surface area contributed by atoms with E-state index in [9.17, 15) is 19.2 Å². The van der Waals surface area contributed by atoms with Crippen molar-refractivity contribution in [2.45, 2.75) is 81.4 Å². The molecule has 0 bridgehead atoms. The van der Waals surface area contributed by atoms with Crippen molar-refractivity contribution in [2.24, 2.45) is 0 Å². The average molecular weight is 612 g/mol. The van der Waals surface area contributed by atoms with Crippen LogP contribution in [0.25, 0.3) is 10.9 Å². The molecular formula is C32H38ClN3O7. The van der Waals surface area contributed by atoms with Crippen LogP contribution in [-0.4, -0.2) is 63.7 Å². The van der Waals surface area contributed by atoms with Crippen molar-refractivity contribution in [3.8, 4) is 0 Å². The number of aromatic nitrogens is 1. The molecule has 10 nitrogen and oxygen atoms in total. The number of carboxylic acid groups (broad SMARTS) is 1. The number of rotatable bonds is 13. The summed E-state index contributed by atoms with van der Waals surface area (Å²) >= 11 is 6.42. The van der Waals surface area contributed by atoms with Gasteiger partial charge in [0.05, 0.1) is 24.3 Å². The summed E-state index contributed by atoms with van der Waals surface area (Å²) < 4.78 is 11.0. The second-order valence-corrected chi connectivity index (χ2v) is 11.7. The van der Waals surface area contributed by atoms with Crippen LogP contribution in [0.15, 0.2) is 60.8 Å². The maximum atomic E-state index is 14.0. The fraction of sp³-hybridized carbons (Fsp3) is 0.438. The Morgan fingerprint density at radius 2 is 1.77 bits per heavy atom. The quantitative estimate of drug-likeness (QED) is 0.159. The average Bonchev–Trinajstić information content (AvgIpc) is 3.38. The number of halogens is 1. The number of nitrogens with one attached hydrogen (secondary N) is 3. The van der Waals surface area contributed by atoms with Crippen LogP contribution in [0.4, 0.5) is 4.79 Å². The SMILES string of the molecule is CC(Cc1c[nH]c2ccccc12)(NC(=O)OC1CCCCC1Cl)C(=O)NC(COC(=O)CCC(=O)O)Cc1ccccc1. The molecule has 1 aromatic heterocycles. The maximum absolute atomic E-state index is 14.0. The Morgan fingerprint density at radius 1 is 1.05 bits per heavy atom. The normalized spacial score (nSPS) is 18.7. The van der Waals surface area contributed by atoms with Crippen molar-refractivity contribution in [3.63, 3.8) is 0 Å². The molecule has 1 saturated carbocycles. The van der Waals surface area contributed by atoms with E-state index in [-0.39, 0.29) is 31.2 Å². The molecule has 1 aliphatic rings. The zero-order valence-corrected chi connectivity index (χ0v) is 24.9. The molecule has 4 unspecified atom stereocenters. The van der Waals surface area contributed by atoms with E-state index >= 15 is 0 Å². The van der Waals surface area contributed by atoms with E-state index in [2.05, 4.69) is 15.6 Å². The number of carboxylic acids is 1. The van der Waals surface area contributed by atoms with Crippen molar-refractivity contribution < 1.29 is 33.8 Å². The number of para-hydroxylation sites is 1. The predicted octanol–water partition coefficient (Wildman–Crippen LogP) is 4.88. The summed E-state index contributed by atoms with van der Waals surface area (Å²) in [5, 5.41) is 15.3. The second-order valence-electron chi connectivity index (χ2n) is 11.2. The standard InChI is InChI=1S/C32H38ClN3O7/c1-32(18-22-19-34-26-13-7-5-11-24(22)26,36-31(41)43-27-14-8-6-12-25(27)33)30(40)35-23(17-21-9-3-2-4-10-21)20-42-29(39)16-15-28(37)38/h2-5,7,9-11,13,19,23,25,27,34H,6,8,12,14-18,20H2,1H3,(H,35,40)(H,36,41)(H,37,38). The molecule has 4 N–H and O–H groups in total. The zero-order valence-electron chi connectivity index (χ0n) is 24.1. The Morgan fingerprint density at radius 3 is 2.51 bits per heavy atom. The van der Waals surface area contributed by atoms with E-state index in [0.717, 1.165) is 41.3 Å². The molecular weight excluding hydrogens is 574 g/mol. The minimum Gasteiger partial charge on any atom is -0.481 e. The first kappa shape index (κ1) is 31.9. The molecule has 230 valence electrons. The first-order chi connectivity index (χ1) is 20.6. The largest absolute Gasteiger partial charge is 0.481 e. The van der Waals surface area contributed by atoms with Gasteiger partial charge in [-0.3, -0.25) is 14.4 Å². The van der Waals surface area contributed by atoms with Crippen LogP contribution in [-0.2, 0) is 36.7 Å². The van der Waals surface area contributed by atoms with Gasteiger partial charge in [-0.15, -0.1) is 11.6 Å². The molecule has 11 heteroatoms. The fourth-order valence-electron chi connectivity index (χ4n) is 5.29. The molecule has 2 aromatic carbocycles. The van der Waals surface area contributed by atoms with Gasteiger partial charge in [0.15, 0.2) is 0 Å². The molecule has 4 atom stereocenters. The number of carbonyl (C=O) groups excluding carboxylic acids is 3. The van der Waals surface area contributed by atoms with Gasteiger partial charge in [0.1, 0.15) is 18.2 Å². The van der Waals surface area contributed by atoms with Gasteiger partial charge < -0.3 is 30.2 Å². The van der Waals surface area contributed by atoms with Gasteiger partial charge in [0, 0.05) is 23.5 Å². The second kappa shape index (κ2) is 14.9. The van der Waals surface area contributed by atoms with Crippen molar-refractivity contribution in [1.82, 2.24) is 15.6 Å². The highest BCUT2D eigenvalue weighted by atomic mass is 35.5. The van der Waals surface area contributed by atoms with E-state index in [1.165, 1.54) is 0 Å². The number of aromatic amines is 1. The van der Waals surface area contributed by atoms with Gasteiger partial charge in [0.25, 0.3) is 0 Å². The Kier molecular flexibility index (Phi) is 11.1. The monoisotopic (exact) mass is 611 g/mol. The number of hydrogen-bond acceptors (Lipinski definition) is 6. The van der Waals surface area contributed by atoms with Crippen LogP contribution in [0.5, 0.6) is 0 Å². The number of alkyl halides is 1. The Balaban J connectivity index is 1.55. The topological polar surface area (TPSA) is 147 Å². The van der Waals surface area contributed by atoms with Gasteiger partial charge in [-0.1, -0.05) is 55.0 Å². The summed E-state index contributed by atoms with van der Waals surface area (Å²) in [6, 6.07) is 16.4. The molecule has 3 aromatic rings. The summed E-state index contributed by atoms with van der Waals surface area (Å²) in [6.45, 7) is 1.45. The first-order valence-corrected chi connectivity index (χ1v) is 15.0. The summed E-state index contributed by atoms with van der Waals surface area (Å²) in [4.78, 5) is 53.5. The number of hydrogen-bond donors (Lipinski definition) is 4. The summed E-state index contributed by atoms with van der Waals surface area (Å²) in [5.74, 6) is -2.28. The van der Waals surface area contributed by atoms with Crippen molar-refractivity contribution in [2.75, 3.05) is 6.61 Å². The highest BCUT2D eigenvalue weighted by Crippen LogP contribution is 2.27. The van der Waals surface area contributed by atoms with Gasteiger partial charge in [-0.05, 0) is 49.8 Å². The summed E-state index contributed by atoms with van der Waals surface area (Å²) in [6.07, 6.45) is 3.74. The van der Waals surface area contributed by atoms with Crippen LogP contribution < -0.4 is 10.6 Å². The Bertz CT molecular complexity index is 1410. The molecule has 0 saturated heterocycles. The number of esters is 1. The van der Waals surface area contributed by atoms with Gasteiger partial charge in [-0.25, -0.2) is 4.79 Å². The number of aliphatic carboxylic acids is 1. The van der Waals surface area contributed by atoms with E-state index in [0.29, 0.717) is 12.8 Å². The molecule has 43 heavy (non-hydrogen) atoms. The highest BCUT2D eigenvalue weighted by molar-refractivity contribution is 6.21. The zero-order chi connectivity index (χ0) is 30.8. The lowest BCUT2D eigenvalue weighted by Crippen LogP contribution is -2.61. The van der Waals surface area contributed by atoms with Crippen LogP contribution in [0.2, 0.25) is 0 Å². The van der Waals surface area contributed by atoms with Crippen molar-refractivity contribution in [3.05, 3.63) is 71.9 Å². The van der Waals surface area contributed by atoms with Gasteiger partial charge in [0.2, 0.25) is 5.91 Å². The lowest BCUT2D eigenvalue weighted by molar-refractivity contribution is -0.148. The fourth-order valence-corrected chi connectivity index (χ4v) is 5.62. The number of carbonyl (C=O) groups is 4. The maximum Gasteiger partial charge on any atom is 0.408 e. The van der Waals surface area contributed by atoms with Crippen LogP contribution in [0.1, 0.15) is 56.6 Å². The third kappa shape index (κ3) is 9.22. The number of ether oxygens (including phenoxy) is 2. The highest BCUT2D eigenvalue weighted by Gasteiger charge is 2.39. The minimum atomic E-state index is -1.46. The number of fused-ring (bicyclic) bond motifs is 1. The first-order valence-electron chi connectivity index (χ1n) is 14.5. The van der Waals surface area contributed by atoms with Gasteiger partial charge in [-0.2, -0.15) is 0 Å².